The maximum atomic E-state index is 11.8. The van der Waals surface area contributed by atoms with E-state index in [1.54, 1.807) is 0 Å². The predicted octanol–water partition coefficient (Wildman–Crippen LogP) is 3.05. The fourth-order valence-electron chi connectivity index (χ4n) is 2.71. The van der Waals surface area contributed by atoms with Crippen LogP contribution in [-0.2, 0) is 11.2 Å². The van der Waals surface area contributed by atoms with Gasteiger partial charge in [0.2, 0.25) is 5.91 Å². The summed E-state index contributed by atoms with van der Waals surface area (Å²) >= 11 is 3.43. The van der Waals surface area contributed by atoms with E-state index >= 15 is 0 Å². The lowest BCUT2D eigenvalue weighted by Crippen LogP contribution is -2.36. The minimum absolute atomic E-state index is 0.0720. The minimum atomic E-state index is -0.242. The zero-order valence-electron chi connectivity index (χ0n) is 11.6. The maximum absolute atomic E-state index is 11.8. The Balaban J connectivity index is 1.70. The number of aliphatic hydroxyl groups is 1. The number of rotatable bonds is 5. The van der Waals surface area contributed by atoms with Crippen molar-refractivity contribution in [1.82, 2.24) is 5.32 Å². The van der Waals surface area contributed by atoms with Crippen molar-refractivity contribution in [1.29, 1.82) is 0 Å². The van der Waals surface area contributed by atoms with E-state index in [0.717, 1.165) is 42.1 Å². The van der Waals surface area contributed by atoms with Gasteiger partial charge in [-0.05, 0) is 37.0 Å². The highest BCUT2D eigenvalue weighted by Crippen LogP contribution is 2.23. The molecule has 2 rings (SSSR count). The number of aliphatic hydroxyl groups excluding tert-OH is 1. The summed E-state index contributed by atoms with van der Waals surface area (Å²) in [4.78, 5) is 11.8. The van der Waals surface area contributed by atoms with Gasteiger partial charge in [0.25, 0.3) is 0 Å². The standard InChI is InChI=1S/C16H22BrNO2/c17-14-6-3-4-12(10-14)8-9-16(20)18-11-13-5-1-2-7-15(13)19/h3-4,6,10,13,15,19H,1-2,5,7-9,11H2,(H,18,20). The number of nitrogens with one attached hydrogen (secondary N) is 1. The SMILES string of the molecule is O=C(CCc1cccc(Br)c1)NCC1CCCCC1O. The van der Waals surface area contributed by atoms with E-state index in [0.29, 0.717) is 13.0 Å². The second kappa shape index (κ2) is 7.79. The van der Waals surface area contributed by atoms with E-state index in [9.17, 15) is 9.90 Å². The predicted molar refractivity (Wildman–Crippen MR) is 83.4 cm³/mol. The topological polar surface area (TPSA) is 49.3 Å². The Bertz CT molecular complexity index is 450. The Hall–Kier alpha value is -0.870. The third-order valence-corrected chi connectivity index (χ3v) is 4.45. The van der Waals surface area contributed by atoms with Crippen molar-refractivity contribution in [3.05, 3.63) is 34.3 Å². The van der Waals surface area contributed by atoms with Crippen LogP contribution in [-0.4, -0.2) is 23.7 Å². The van der Waals surface area contributed by atoms with Gasteiger partial charge in [-0.15, -0.1) is 0 Å². The molecule has 1 aliphatic rings. The molecule has 1 fully saturated rings. The van der Waals surface area contributed by atoms with Crippen LogP contribution < -0.4 is 5.32 Å². The van der Waals surface area contributed by atoms with E-state index in [4.69, 9.17) is 0 Å². The summed E-state index contributed by atoms with van der Waals surface area (Å²) < 4.78 is 1.04. The molecule has 1 aromatic rings. The molecule has 2 N–H and O–H groups in total. The van der Waals surface area contributed by atoms with Crippen molar-refractivity contribution in [3.63, 3.8) is 0 Å². The number of halogens is 1. The van der Waals surface area contributed by atoms with E-state index in [2.05, 4.69) is 21.2 Å². The molecule has 20 heavy (non-hydrogen) atoms. The van der Waals surface area contributed by atoms with E-state index in [1.807, 2.05) is 24.3 Å². The van der Waals surface area contributed by atoms with Gasteiger partial charge in [-0.2, -0.15) is 0 Å². The Kier molecular flexibility index (Phi) is 6.05. The zero-order chi connectivity index (χ0) is 14.4. The molecule has 2 atom stereocenters. The molecule has 1 aliphatic carbocycles. The van der Waals surface area contributed by atoms with Crippen molar-refractivity contribution in [2.75, 3.05) is 6.54 Å². The average molecular weight is 340 g/mol. The second-order valence-corrected chi connectivity index (χ2v) is 6.46. The summed E-state index contributed by atoms with van der Waals surface area (Å²) in [5.74, 6) is 0.307. The van der Waals surface area contributed by atoms with Gasteiger partial charge in [0.15, 0.2) is 0 Å². The molecule has 1 amide bonds. The normalized spacial score (nSPS) is 22.5. The Morgan fingerprint density at radius 2 is 2.15 bits per heavy atom. The third kappa shape index (κ3) is 4.91. The van der Waals surface area contributed by atoms with Crippen LogP contribution >= 0.6 is 15.9 Å². The van der Waals surface area contributed by atoms with Crippen LogP contribution in [0.4, 0.5) is 0 Å². The highest BCUT2D eigenvalue weighted by atomic mass is 79.9. The first-order valence-electron chi connectivity index (χ1n) is 7.34. The van der Waals surface area contributed by atoms with Crippen LogP contribution in [0, 0.1) is 5.92 Å². The lowest BCUT2D eigenvalue weighted by Gasteiger charge is -2.27. The number of carbonyl (C=O) groups is 1. The molecule has 4 heteroatoms. The molecule has 0 heterocycles. The van der Waals surface area contributed by atoms with Crippen molar-refractivity contribution in [2.45, 2.75) is 44.6 Å². The van der Waals surface area contributed by atoms with Crippen molar-refractivity contribution >= 4 is 21.8 Å². The van der Waals surface area contributed by atoms with Gasteiger partial charge >= 0.3 is 0 Å². The van der Waals surface area contributed by atoms with E-state index in [-0.39, 0.29) is 17.9 Å². The summed E-state index contributed by atoms with van der Waals surface area (Å²) in [6, 6.07) is 8.03. The smallest absolute Gasteiger partial charge is 0.220 e. The molecule has 110 valence electrons. The molecule has 1 saturated carbocycles. The van der Waals surface area contributed by atoms with Gasteiger partial charge in [0.1, 0.15) is 0 Å². The summed E-state index contributed by atoms with van der Waals surface area (Å²) in [5, 5.41) is 12.8. The molecular weight excluding hydrogens is 318 g/mol. The lowest BCUT2D eigenvalue weighted by molar-refractivity contribution is -0.121. The Morgan fingerprint density at radius 3 is 2.90 bits per heavy atom. The largest absolute Gasteiger partial charge is 0.393 e. The maximum Gasteiger partial charge on any atom is 0.220 e. The molecule has 0 bridgehead atoms. The van der Waals surface area contributed by atoms with Crippen LogP contribution in [0.5, 0.6) is 0 Å². The summed E-state index contributed by atoms with van der Waals surface area (Å²) in [5.41, 5.74) is 1.16. The van der Waals surface area contributed by atoms with Crippen LogP contribution in [0.2, 0.25) is 0 Å². The number of carbonyl (C=O) groups excluding carboxylic acids is 1. The Morgan fingerprint density at radius 1 is 1.35 bits per heavy atom. The fraction of sp³-hybridized carbons (Fsp3) is 0.562. The molecule has 0 saturated heterocycles. The van der Waals surface area contributed by atoms with Gasteiger partial charge in [-0.1, -0.05) is 40.9 Å². The minimum Gasteiger partial charge on any atom is -0.393 e. The van der Waals surface area contributed by atoms with Crippen LogP contribution in [0.3, 0.4) is 0 Å². The summed E-state index contributed by atoms with van der Waals surface area (Å²) in [6.45, 7) is 0.610. The van der Waals surface area contributed by atoms with Gasteiger partial charge in [-0.3, -0.25) is 4.79 Å². The first kappa shape index (κ1) is 15.5. The highest BCUT2D eigenvalue weighted by Gasteiger charge is 2.23. The van der Waals surface area contributed by atoms with Crippen LogP contribution in [0.1, 0.15) is 37.7 Å². The Labute approximate surface area is 128 Å². The van der Waals surface area contributed by atoms with E-state index < -0.39 is 0 Å². The quantitative estimate of drug-likeness (QED) is 0.866. The number of benzene rings is 1. The monoisotopic (exact) mass is 339 g/mol. The van der Waals surface area contributed by atoms with Crippen LogP contribution in [0.25, 0.3) is 0 Å². The van der Waals surface area contributed by atoms with Gasteiger partial charge in [0, 0.05) is 23.4 Å². The van der Waals surface area contributed by atoms with Crippen molar-refractivity contribution in [3.8, 4) is 0 Å². The lowest BCUT2D eigenvalue weighted by atomic mass is 9.86. The molecular formula is C16H22BrNO2. The van der Waals surface area contributed by atoms with Gasteiger partial charge < -0.3 is 10.4 Å². The second-order valence-electron chi connectivity index (χ2n) is 5.55. The molecule has 0 aliphatic heterocycles. The fourth-order valence-corrected chi connectivity index (χ4v) is 3.16. The highest BCUT2D eigenvalue weighted by molar-refractivity contribution is 9.10. The number of hydrogen-bond acceptors (Lipinski definition) is 2. The molecule has 3 nitrogen and oxygen atoms in total. The first-order chi connectivity index (χ1) is 9.65. The molecule has 0 radical (unpaired) electrons. The summed E-state index contributed by atoms with van der Waals surface area (Å²) in [7, 11) is 0. The average Bonchev–Trinajstić information content (AvgIpc) is 2.44. The van der Waals surface area contributed by atoms with Crippen LogP contribution in [0.15, 0.2) is 28.7 Å². The summed E-state index contributed by atoms with van der Waals surface area (Å²) in [6.07, 6.45) is 5.17. The number of hydrogen-bond donors (Lipinski definition) is 2. The van der Waals surface area contributed by atoms with Crippen molar-refractivity contribution in [2.24, 2.45) is 5.92 Å². The zero-order valence-corrected chi connectivity index (χ0v) is 13.2. The third-order valence-electron chi connectivity index (χ3n) is 3.96. The molecule has 2 unspecified atom stereocenters. The van der Waals surface area contributed by atoms with E-state index in [1.165, 1.54) is 0 Å². The number of amides is 1. The number of aryl methyl sites for hydroxylation is 1. The van der Waals surface area contributed by atoms with Crippen molar-refractivity contribution < 1.29 is 9.90 Å². The van der Waals surface area contributed by atoms with Gasteiger partial charge in [0.05, 0.1) is 6.10 Å². The van der Waals surface area contributed by atoms with Gasteiger partial charge in [-0.25, -0.2) is 0 Å². The first-order valence-corrected chi connectivity index (χ1v) is 8.13. The molecule has 1 aromatic carbocycles. The molecule has 0 spiro atoms. The molecule has 0 aromatic heterocycles.